The van der Waals surface area contributed by atoms with Gasteiger partial charge < -0.3 is 14.6 Å². The fourth-order valence-electron chi connectivity index (χ4n) is 1.91. The fourth-order valence-corrected chi connectivity index (χ4v) is 1.91. The molecule has 0 spiro atoms. The van der Waals surface area contributed by atoms with Crippen LogP contribution in [-0.4, -0.2) is 40.1 Å². The Kier molecular flexibility index (Phi) is 6.78. The summed E-state index contributed by atoms with van der Waals surface area (Å²) < 4.78 is 11.0. The average Bonchev–Trinajstić information content (AvgIpc) is 2.44. The highest BCUT2D eigenvalue weighted by molar-refractivity contribution is 5.97. The topological polar surface area (TPSA) is 117 Å². The maximum absolute atomic E-state index is 12.0. The monoisotopic (exact) mass is 354 g/mol. The molecule has 0 heterocycles. The highest BCUT2D eigenvalue weighted by atomic mass is 16.6. The summed E-state index contributed by atoms with van der Waals surface area (Å²) in [5.74, 6) is -1.24. The summed E-state index contributed by atoms with van der Waals surface area (Å²) in [5.41, 5.74) is 0.538. The van der Waals surface area contributed by atoms with Gasteiger partial charge in [0.15, 0.2) is 0 Å². The number of benzene rings is 1. The van der Waals surface area contributed by atoms with Crippen molar-refractivity contribution < 1.29 is 29.4 Å². The van der Waals surface area contributed by atoms with Crippen molar-refractivity contribution in [1.29, 1.82) is 0 Å². The normalized spacial score (nSPS) is 11.8. The van der Waals surface area contributed by atoms with Crippen LogP contribution < -0.4 is 10.8 Å². The first-order valence-electron chi connectivity index (χ1n) is 7.85. The van der Waals surface area contributed by atoms with E-state index < -0.39 is 17.6 Å². The summed E-state index contributed by atoms with van der Waals surface area (Å²) in [6.45, 7) is 9.81. The maximum atomic E-state index is 12.0. The van der Waals surface area contributed by atoms with E-state index in [-0.39, 0.29) is 22.6 Å². The number of amides is 2. The second-order valence-corrected chi connectivity index (χ2v) is 7.16. The molecule has 8 heteroatoms. The molecule has 0 radical (unpaired) electrons. The van der Waals surface area contributed by atoms with Gasteiger partial charge in [-0.2, -0.15) is 0 Å². The molecule has 0 aliphatic heterocycles. The Labute approximate surface area is 147 Å². The van der Waals surface area contributed by atoms with Crippen molar-refractivity contribution in [2.45, 2.75) is 52.2 Å². The molecule has 0 unspecified atom stereocenters. The van der Waals surface area contributed by atoms with Crippen molar-refractivity contribution in [2.24, 2.45) is 0 Å². The van der Waals surface area contributed by atoms with Crippen LogP contribution >= 0.6 is 0 Å². The van der Waals surface area contributed by atoms with Crippen LogP contribution in [0.25, 0.3) is 0 Å². The first kappa shape index (κ1) is 20.7. The predicted molar refractivity (Wildman–Crippen MR) is 91.9 cm³/mol. The van der Waals surface area contributed by atoms with Crippen LogP contribution in [0, 0.1) is 0 Å². The number of aromatic hydroxyl groups is 1. The van der Waals surface area contributed by atoms with Crippen LogP contribution in [0.1, 0.15) is 51.4 Å². The van der Waals surface area contributed by atoms with Gasteiger partial charge in [0.05, 0.1) is 17.8 Å². The van der Waals surface area contributed by atoms with Gasteiger partial charge in [-0.3, -0.25) is 15.3 Å². The van der Waals surface area contributed by atoms with Gasteiger partial charge in [-0.25, -0.2) is 10.3 Å². The molecule has 0 aliphatic carbocycles. The number of rotatable bonds is 6. The molecule has 8 nitrogen and oxygen atoms in total. The Bertz CT molecular complexity index is 622. The van der Waals surface area contributed by atoms with E-state index >= 15 is 0 Å². The summed E-state index contributed by atoms with van der Waals surface area (Å²) in [5, 5.41) is 20.8. The number of phenols is 1. The second-order valence-electron chi connectivity index (χ2n) is 7.16. The van der Waals surface area contributed by atoms with E-state index in [1.54, 1.807) is 13.8 Å². The zero-order chi connectivity index (χ0) is 19.3. The lowest BCUT2D eigenvalue weighted by atomic mass is 10.1. The molecule has 4 N–H and O–H groups in total. The van der Waals surface area contributed by atoms with E-state index in [0.717, 1.165) is 0 Å². The van der Waals surface area contributed by atoms with Crippen LogP contribution in [0.3, 0.4) is 0 Å². The number of hydroxylamine groups is 1. The van der Waals surface area contributed by atoms with E-state index in [0.29, 0.717) is 13.0 Å². The first-order chi connectivity index (χ1) is 11.4. The highest BCUT2D eigenvalue weighted by Crippen LogP contribution is 2.23. The summed E-state index contributed by atoms with van der Waals surface area (Å²) in [4.78, 5) is 23.3. The molecule has 140 valence electrons. The molecule has 0 atom stereocenters. The number of hydrogen-bond acceptors (Lipinski definition) is 6. The third-order valence-electron chi connectivity index (χ3n) is 3.20. The summed E-state index contributed by atoms with van der Waals surface area (Å²) in [6, 6.07) is 3.85. The van der Waals surface area contributed by atoms with E-state index in [9.17, 15) is 14.7 Å². The molecule has 1 aromatic rings. The Balaban J connectivity index is 2.61. The Morgan fingerprint density at radius 2 is 1.80 bits per heavy atom. The van der Waals surface area contributed by atoms with E-state index in [1.165, 1.54) is 23.7 Å². The van der Waals surface area contributed by atoms with Crippen LogP contribution in [0.2, 0.25) is 0 Å². The number of carbonyl (C=O) groups is 2. The van der Waals surface area contributed by atoms with Crippen molar-refractivity contribution in [3.63, 3.8) is 0 Å². The molecule has 25 heavy (non-hydrogen) atoms. The van der Waals surface area contributed by atoms with E-state index in [2.05, 4.69) is 5.32 Å². The lowest BCUT2D eigenvalue weighted by molar-refractivity contribution is -0.0380. The van der Waals surface area contributed by atoms with E-state index in [4.69, 9.17) is 14.7 Å². The number of carbonyl (C=O) groups excluding carboxylic acids is 2. The number of hydrogen-bond donors (Lipinski definition) is 4. The quantitative estimate of drug-likeness (QED) is 0.461. The average molecular weight is 354 g/mol. The number of nitrogens with one attached hydrogen (secondary N) is 2. The van der Waals surface area contributed by atoms with Crippen molar-refractivity contribution in [3.8, 4) is 5.75 Å². The molecule has 0 aliphatic rings. The number of anilines is 1. The largest absolute Gasteiger partial charge is 0.507 e. The van der Waals surface area contributed by atoms with Crippen LogP contribution in [0.5, 0.6) is 5.75 Å². The van der Waals surface area contributed by atoms with Crippen molar-refractivity contribution in [3.05, 3.63) is 23.8 Å². The van der Waals surface area contributed by atoms with Crippen molar-refractivity contribution in [2.75, 3.05) is 11.9 Å². The molecular formula is C17H26N2O6. The third-order valence-corrected chi connectivity index (χ3v) is 3.20. The van der Waals surface area contributed by atoms with Gasteiger partial charge in [0, 0.05) is 18.2 Å². The van der Waals surface area contributed by atoms with E-state index in [1.807, 2.05) is 20.8 Å². The van der Waals surface area contributed by atoms with Crippen LogP contribution in [0.15, 0.2) is 18.2 Å². The summed E-state index contributed by atoms with van der Waals surface area (Å²) >= 11 is 0. The Morgan fingerprint density at radius 1 is 1.16 bits per heavy atom. The van der Waals surface area contributed by atoms with Gasteiger partial charge in [0.25, 0.3) is 5.91 Å². The maximum Gasteiger partial charge on any atom is 0.412 e. The highest BCUT2D eigenvalue weighted by Gasteiger charge is 2.24. The molecule has 1 rings (SSSR count). The SMILES string of the molecule is CC(C)(C)OCCC(C)(C)OC(=O)Nc1ccc(C(=O)NO)c(O)c1. The number of ether oxygens (including phenoxy) is 2. The third kappa shape index (κ3) is 7.40. The minimum Gasteiger partial charge on any atom is -0.507 e. The minimum atomic E-state index is -0.855. The zero-order valence-electron chi connectivity index (χ0n) is 15.2. The zero-order valence-corrected chi connectivity index (χ0v) is 15.2. The van der Waals surface area contributed by atoms with Gasteiger partial charge in [-0.05, 0) is 46.8 Å². The van der Waals surface area contributed by atoms with Gasteiger partial charge in [0.1, 0.15) is 11.4 Å². The second kappa shape index (κ2) is 8.17. The molecular weight excluding hydrogens is 328 g/mol. The van der Waals surface area contributed by atoms with Gasteiger partial charge in [-0.1, -0.05) is 0 Å². The molecule has 1 aromatic carbocycles. The Morgan fingerprint density at radius 3 is 2.32 bits per heavy atom. The first-order valence-corrected chi connectivity index (χ1v) is 7.85. The standard InChI is InChI=1S/C17H26N2O6/c1-16(2,3)24-9-8-17(4,5)25-15(22)18-11-6-7-12(13(20)10-11)14(21)19-23/h6-7,10,20,23H,8-9H2,1-5H3,(H,18,22)(H,19,21). The van der Waals surface area contributed by atoms with Crippen LogP contribution in [-0.2, 0) is 9.47 Å². The van der Waals surface area contributed by atoms with Gasteiger partial charge in [0.2, 0.25) is 0 Å². The lowest BCUT2D eigenvalue weighted by Crippen LogP contribution is -2.33. The number of phenolic OH excluding ortho intramolecular Hbond substituents is 1. The molecule has 0 bridgehead atoms. The van der Waals surface area contributed by atoms with Crippen molar-refractivity contribution >= 4 is 17.7 Å². The molecule has 0 saturated carbocycles. The predicted octanol–water partition coefficient (Wildman–Crippen LogP) is 3.04. The van der Waals surface area contributed by atoms with Crippen LogP contribution in [0.4, 0.5) is 10.5 Å². The van der Waals surface area contributed by atoms with Gasteiger partial charge in [-0.15, -0.1) is 0 Å². The summed E-state index contributed by atoms with van der Waals surface area (Å²) in [6.07, 6.45) is -0.182. The molecule has 0 fully saturated rings. The summed E-state index contributed by atoms with van der Waals surface area (Å²) in [7, 11) is 0. The molecule has 0 saturated heterocycles. The smallest absolute Gasteiger partial charge is 0.412 e. The van der Waals surface area contributed by atoms with Gasteiger partial charge >= 0.3 is 6.09 Å². The molecule has 0 aromatic heterocycles. The minimum absolute atomic E-state index is 0.124. The Hall–Kier alpha value is -2.32. The molecule has 2 amide bonds. The fraction of sp³-hybridized carbons (Fsp3) is 0.529. The van der Waals surface area contributed by atoms with Crippen molar-refractivity contribution in [1.82, 2.24) is 5.48 Å². The lowest BCUT2D eigenvalue weighted by Gasteiger charge is -2.27.